The normalized spacial score (nSPS) is 18.9. The Morgan fingerprint density at radius 3 is 2.26 bits per heavy atom. The summed E-state index contributed by atoms with van der Waals surface area (Å²) in [5.74, 6) is -2.26. The Labute approximate surface area is 240 Å². The van der Waals surface area contributed by atoms with E-state index in [2.05, 4.69) is 31.2 Å². The molecule has 228 valence electrons. The highest BCUT2D eigenvalue weighted by molar-refractivity contribution is 5.75. The quantitative estimate of drug-likeness (QED) is 0.265. The monoisotopic (exact) mass is 594 g/mol. The molecule has 13 heteroatoms. The highest BCUT2D eigenvalue weighted by Gasteiger charge is 2.43. The zero-order chi connectivity index (χ0) is 31.3. The molecule has 1 fully saturated rings. The maximum absolute atomic E-state index is 14.3. The van der Waals surface area contributed by atoms with Gasteiger partial charge in [0.05, 0.1) is 23.3 Å². The molecule has 2 heterocycles. The van der Waals surface area contributed by atoms with E-state index < -0.39 is 23.5 Å². The second kappa shape index (κ2) is 12.8. The van der Waals surface area contributed by atoms with Gasteiger partial charge < -0.3 is 20.3 Å². The second-order valence-corrected chi connectivity index (χ2v) is 11.2. The molecule has 0 bridgehead atoms. The molecule has 1 saturated carbocycles. The van der Waals surface area contributed by atoms with Crippen LogP contribution < -0.4 is 10.1 Å². The van der Waals surface area contributed by atoms with Crippen molar-refractivity contribution in [2.75, 3.05) is 5.32 Å². The zero-order valence-electron chi connectivity index (χ0n) is 23.7. The molecule has 3 aromatic rings. The first-order chi connectivity index (χ1) is 19.5. The van der Waals surface area contributed by atoms with Crippen molar-refractivity contribution in [2.45, 2.75) is 77.6 Å². The van der Waals surface area contributed by atoms with Gasteiger partial charge in [-0.25, -0.2) is 18.9 Å². The number of nitrogens with one attached hydrogen (secondary N) is 1. The summed E-state index contributed by atoms with van der Waals surface area (Å²) in [4.78, 5) is 26.0. The van der Waals surface area contributed by atoms with Gasteiger partial charge in [-0.1, -0.05) is 18.2 Å². The number of benzene rings is 1. The van der Waals surface area contributed by atoms with Crippen molar-refractivity contribution in [3.05, 3.63) is 65.7 Å². The van der Waals surface area contributed by atoms with E-state index in [0.29, 0.717) is 49.2 Å². The number of carbonyl (C=O) groups is 2. The lowest BCUT2D eigenvalue weighted by Gasteiger charge is -2.36. The van der Waals surface area contributed by atoms with Crippen LogP contribution in [0.3, 0.4) is 0 Å². The Kier molecular flexibility index (Phi) is 9.85. The van der Waals surface area contributed by atoms with Crippen molar-refractivity contribution >= 4 is 23.6 Å². The van der Waals surface area contributed by atoms with Crippen molar-refractivity contribution in [2.24, 2.45) is 5.41 Å². The molecule has 3 N–H and O–H groups in total. The fraction of sp³-hybridized carbons (Fsp3) is 0.448. The van der Waals surface area contributed by atoms with Gasteiger partial charge in [0.15, 0.2) is 11.6 Å². The minimum atomic E-state index is -5.08. The van der Waals surface area contributed by atoms with Crippen LogP contribution >= 0.6 is 0 Å². The smallest absolute Gasteiger partial charge is 0.487 e. The van der Waals surface area contributed by atoms with E-state index in [0.717, 1.165) is 5.82 Å². The second-order valence-electron chi connectivity index (χ2n) is 11.2. The van der Waals surface area contributed by atoms with Crippen LogP contribution in [-0.4, -0.2) is 49.2 Å². The van der Waals surface area contributed by atoms with Crippen LogP contribution in [0, 0.1) is 18.2 Å². The molecule has 0 unspecified atom stereocenters. The molecule has 0 spiro atoms. The lowest BCUT2D eigenvalue weighted by molar-refractivity contribution is -0.192. The number of rotatable bonds is 7. The third kappa shape index (κ3) is 8.20. The molecule has 1 aromatic carbocycles. The molecule has 0 radical (unpaired) electrons. The maximum Gasteiger partial charge on any atom is 0.490 e. The van der Waals surface area contributed by atoms with Crippen molar-refractivity contribution in [3.8, 4) is 5.75 Å². The van der Waals surface area contributed by atoms with E-state index in [1.165, 1.54) is 0 Å². The molecule has 1 aliphatic carbocycles. The summed E-state index contributed by atoms with van der Waals surface area (Å²) < 4.78 is 53.9. The van der Waals surface area contributed by atoms with Crippen LogP contribution in [0.4, 0.5) is 29.2 Å². The van der Waals surface area contributed by atoms with Gasteiger partial charge in [0.1, 0.15) is 11.6 Å². The number of anilines is 2. The summed E-state index contributed by atoms with van der Waals surface area (Å²) >= 11 is 0. The lowest BCUT2D eigenvalue weighted by Crippen LogP contribution is -2.40. The lowest BCUT2D eigenvalue weighted by atomic mass is 9.70. The van der Waals surface area contributed by atoms with Crippen LogP contribution in [0.1, 0.15) is 57.7 Å². The van der Waals surface area contributed by atoms with Crippen molar-refractivity contribution in [1.29, 1.82) is 0 Å². The van der Waals surface area contributed by atoms with Gasteiger partial charge in [-0.3, -0.25) is 4.79 Å². The molecule has 4 rings (SSSR count). The van der Waals surface area contributed by atoms with Crippen molar-refractivity contribution < 1.29 is 42.1 Å². The van der Waals surface area contributed by atoms with E-state index in [4.69, 9.17) is 19.6 Å². The van der Waals surface area contributed by atoms with Crippen LogP contribution in [-0.2, 0) is 21.5 Å². The predicted molar refractivity (Wildman–Crippen MR) is 146 cm³/mol. The number of nitrogens with zero attached hydrogens (tertiary/aromatic N) is 3. The first kappa shape index (κ1) is 32.4. The largest absolute Gasteiger partial charge is 0.490 e. The Morgan fingerprint density at radius 2 is 1.69 bits per heavy atom. The van der Waals surface area contributed by atoms with Crippen molar-refractivity contribution in [3.63, 3.8) is 0 Å². The summed E-state index contributed by atoms with van der Waals surface area (Å²) in [6.45, 7) is 7.91. The maximum atomic E-state index is 14.3. The van der Waals surface area contributed by atoms with Gasteiger partial charge in [0.25, 0.3) is 0 Å². The Morgan fingerprint density at radius 1 is 1.07 bits per heavy atom. The molecule has 9 nitrogen and oxygen atoms in total. The van der Waals surface area contributed by atoms with E-state index in [9.17, 15) is 27.5 Å². The highest BCUT2D eigenvalue weighted by Crippen LogP contribution is 2.41. The number of aryl methyl sites for hydroxylation is 1. The first-order valence-corrected chi connectivity index (χ1v) is 13.2. The number of ether oxygens (including phenoxy) is 1. The molecule has 0 aliphatic heterocycles. The Bertz CT molecular complexity index is 1390. The van der Waals surface area contributed by atoms with E-state index in [1.807, 2.05) is 28.9 Å². The number of halogens is 4. The van der Waals surface area contributed by atoms with Gasteiger partial charge in [-0.05, 0) is 77.1 Å². The van der Waals surface area contributed by atoms with Crippen LogP contribution in [0.5, 0.6) is 5.75 Å². The first-order valence-electron chi connectivity index (χ1n) is 13.2. The summed E-state index contributed by atoms with van der Waals surface area (Å²) in [6, 6.07) is 12.6. The van der Waals surface area contributed by atoms with E-state index in [-0.39, 0.29) is 23.2 Å². The average Bonchev–Trinajstić information content (AvgIpc) is 3.37. The molecule has 0 saturated heterocycles. The number of alkyl halides is 3. The summed E-state index contributed by atoms with van der Waals surface area (Å²) in [6.07, 6.45) is -1.27. The topological polar surface area (TPSA) is 127 Å². The number of aliphatic carboxylic acids is 2. The molecular weight excluding hydrogens is 560 g/mol. The van der Waals surface area contributed by atoms with Gasteiger partial charge in [-0.2, -0.15) is 18.3 Å². The van der Waals surface area contributed by atoms with E-state index >= 15 is 0 Å². The molecule has 42 heavy (non-hydrogen) atoms. The third-order valence-corrected chi connectivity index (χ3v) is 6.90. The Hall–Kier alpha value is -4.16. The highest BCUT2D eigenvalue weighted by atomic mass is 19.4. The average molecular weight is 595 g/mol. The van der Waals surface area contributed by atoms with Gasteiger partial charge >= 0.3 is 18.1 Å². The standard InChI is InChI=1S/C27H33FN4O3.C2HF3O2/c1-18-7-5-9-21(24(18)28)35-20-11-14-27(15-12-20,25(33)34)17-19-8-6-10-22(30-19)31-23-13-16-29-32(23)26(2,3)4;3-2(4,5)1(6)7/h5-10,13,16,20H,11-12,14-15,17H2,1-4H3,(H,30,31)(H,33,34);(H,6,7). The van der Waals surface area contributed by atoms with Crippen LogP contribution in [0.15, 0.2) is 48.7 Å². The van der Waals surface area contributed by atoms with Crippen molar-refractivity contribution in [1.82, 2.24) is 14.8 Å². The molecule has 2 aromatic heterocycles. The fourth-order valence-electron chi connectivity index (χ4n) is 4.68. The molecule has 0 atom stereocenters. The third-order valence-electron chi connectivity index (χ3n) is 6.90. The van der Waals surface area contributed by atoms with Gasteiger partial charge in [-0.15, -0.1) is 0 Å². The SMILES string of the molecule is Cc1cccc(OC2CCC(Cc3cccc(Nc4ccnn4C(C)(C)C)n3)(C(=O)O)CC2)c1F.O=C(O)C(F)(F)F. The number of carboxylic acids is 2. The number of pyridine rings is 1. The molecular formula is C29H34F4N4O5. The van der Waals surface area contributed by atoms with Crippen LogP contribution in [0.2, 0.25) is 0 Å². The van der Waals surface area contributed by atoms with Gasteiger partial charge in [0, 0.05) is 18.2 Å². The fourth-order valence-corrected chi connectivity index (χ4v) is 4.68. The number of hydrogen-bond donors (Lipinski definition) is 3. The van der Waals surface area contributed by atoms with Crippen LogP contribution in [0.25, 0.3) is 0 Å². The Balaban J connectivity index is 0.000000616. The predicted octanol–water partition coefficient (Wildman–Crippen LogP) is 6.49. The zero-order valence-corrected chi connectivity index (χ0v) is 23.7. The molecule has 1 aliphatic rings. The summed E-state index contributed by atoms with van der Waals surface area (Å²) in [5.41, 5.74) is 0.120. The number of hydrogen-bond acceptors (Lipinski definition) is 6. The number of carboxylic acid groups (broad SMARTS) is 2. The minimum absolute atomic E-state index is 0.196. The summed E-state index contributed by atoms with van der Waals surface area (Å²) in [7, 11) is 0. The summed E-state index contributed by atoms with van der Waals surface area (Å²) in [5, 5.41) is 25.0. The number of aromatic nitrogens is 3. The molecule has 0 amide bonds. The van der Waals surface area contributed by atoms with Gasteiger partial charge in [0.2, 0.25) is 0 Å². The van der Waals surface area contributed by atoms with E-state index in [1.54, 1.807) is 31.3 Å². The minimum Gasteiger partial charge on any atom is -0.487 e.